The molecule has 2 N–H and O–H groups in total. The molecule has 10 nitrogen and oxygen atoms in total. The van der Waals surface area contributed by atoms with Crippen molar-refractivity contribution in [2.75, 3.05) is 13.2 Å². The molecule has 0 amide bonds. The average Bonchev–Trinajstić information content (AvgIpc) is 3.50. The lowest BCUT2D eigenvalue weighted by atomic mass is 10.2. The van der Waals surface area contributed by atoms with Gasteiger partial charge in [0.2, 0.25) is 0 Å². The third kappa shape index (κ3) is 3.78. The van der Waals surface area contributed by atoms with E-state index in [-0.39, 0.29) is 23.8 Å². The van der Waals surface area contributed by atoms with Crippen molar-refractivity contribution in [2.45, 2.75) is 31.6 Å². The molecule has 2 unspecified atom stereocenters. The van der Waals surface area contributed by atoms with Gasteiger partial charge in [-0.25, -0.2) is 9.59 Å². The summed E-state index contributed by atoms with van der Waals surface area (Å²) in [4.78, 5) is 42.4. The number of nitrogens with zero attached hydrogens (tertiary/aromatic N) is 3. The summed E-state index contributed by atoms with van der Waals surface area (Å²) in [5.74, 6) is 0. The van der Waals surface area contributed by atoms with Crippen molar-refractivity contribution in [3.63, 3.8) is 0 Å². The fraction of sp³-hybridized carbons (Fsp3) is 0.467. The summed E-state index contributed by atoms with van der Waals surface area (Å²) < 4.78 is 11.5. The first-order chi connectivity index (χ1) is 12.0. The van der Waals surface area contributed by atoms with Crippen molar-refractivity contribution in [2.24, 2.45) is 0 Å². The van der Waals surface area contributed by atoms with Gasteiger partial charge >= 0.3 is 16.9 Å². The van der Waals surface area contributed by atoms with Crippen LogP contribution in [0.4, 0.5) is 0 Å². The fourth-order valence-corrected chi connectivity index (χ4v) is 2.31. The first-order valence-electron chi connectivity index (χ1n) is 7.74. The number of rotatable bonds is 5. The normalized spacial score (nSPS) is 20.4. The van der Waals surface area contributed by atoms with E-state index in [1.165, 1.54) is 6.42 Å². The Balaban J connectivity index is 0.000000219. The number of ether oxygens (including phenoxy) is 2. The standard InChI is InChI=1S/C9H7N5O4.C6H10O/c1-10-14-7(15)5-6(12-8(16)11-5)13(9(14)17)2-4-3-18-4;1-2-3-4-6-5-7-6/h4H,2-3H2,(H2,11,12,16);2,6H,1,3-5H2. The minimum Gasteiger partial charge on any atom is -0.373 e. The van der Waals surface area contributed by atoms with Gasteiger partial charge in [0.1, 0.15) is 5.65 Å². The van der Waals surface area contributed by atoms with Crippen molar-refractivity contribution in [3.8, 4) is 0 Å². The maximum Gasteiger partial charge on any atom is 0.401 e. The number of H-pyrrole nitrogens is 2. The maximum absolute atomic E-state index is 11.9. The van der Waals surface area contributed by atoms with Crippen LogP contribution in [0.5, 0.6) is 0 Å². The number of imidazole rings is 1. The number of aromatic nitrogens is 4. The Morgan fingerprint density at radius 1 is 1.24 bits per heavy atom. The van der Waals surface area contributed by atoms with Crippen LogP contribution in [0, 0.1) is 6.57 Å². The Labute approximate surface area is 141 Å². The Morgan fingerprint density at radius 2 is 1.92 bits per heavy atom. The molecule has 0 aliphatic carbocycles. The summed E-state index contributed by atoms with van der Waals surface area (Å²) in [5.41, 5.74) is -2.22. The molecule has 2 saturated heterocycles. The fourth-order valence-electron chi connectivity index (χ4n) is 2.31. The van der Waals surface area contributed by atoms with Crippen molar-refractivity contribution in [1.29, 1.82) is 0 Å². The molecule has 2 fully saturated rings. The van der Waals surface area contributed by atoms with E-state index in [4.69, 9.17) is 16.0 Å². The van der Waals surface area contributed by atoms with Gasteiger partial charge in [-0.1, -0.05) is 6.08 Å². The molecule has 2 atom stereocenters. The highest BCUT2D eigenvalue weighted by Crippen LogP contribution is 2.14. The van der Waals surface area contributed by atoms with E-state index in [0.717, 1.165) is 17.6 Å². The molecule has 25 heavy (non-hydrogen) atoms. The van der Waals surface area contributed by atoms with Gasteiger partial charge in [-0.2, -0.15) is 6.57 Å². The lowest BCUT2D eigenvalue weighted by molar-refractivity contribution is 0.380. The number of allylic oxidation sites excluding steroid dienone is 1. The predicted molar refractivity (Wildman–Crippen MR) is 88.4 cm³/mol. The summed E-state index contributed by atoms with van der Waals surface area (Å²) in [5, 5.41) is 0. The third-order valence-electron chi connectivity index (χ3n) is 3.78. The highest BCUT2D eigenvalue weighted by Gasteiger charge is 2.27. The smallest absolute Gasteiger partial charge is 0.373 e. The molecule has 4 heterocycles. The maximum atomic E-state index is 11.9. The first kappa shape index (κ1) is 16.9. The van der Waals surface area contributed by atoms with E-state index in [9.17, 15) is 14.4 Å². The van der Waals surface area contributed by atoms with Gasteiger partial charge < -0.3 is 9.47 Å². The van der Waals surface area contributed by atoms with Gasteiger partial charge in [-0.3, -0.25) is 19.3 Å². The zero-order valence-electron chi connectivity index (χ0n) is 13.4. The molecule has 2 aromatic rings. The SMILES string of the molecule is C=CCCC1CO1.[C-]#[N+]n1c(=O)c2[nH]c(=O)[nH]c2n(CC2CO2)c1=O. The Hall–Kier alpha value is -2.90. The van der Waals surface area contributed by atoms with Gasteiger partial charge in [-0.05, 0) is 12.8 Å². The molecule has 0 bridgehead atoms. The molecule has 4 rings (SSSR count). The molecular weight excluding hydrogens is 330 g/mol. The van der Waals surface area contributed by atoms with Gasteiger partial charge in [0, 0.05) is 0 Å². The molecule has 0 aromatic carbocycles. The van der Waals surface area contributed by atoms with Gasteiger partial charge in [-0.15, -0.1) is 11.5 Å². The molecular formula is C15H17N5O5. The number of fused-ring (bicyclic) bond motifs is 1. The monoisotopic (exact) mass is 347 g/mol. The molecule has 0 radical (unpaired) electrons. The van der Waals surface area contributed by atoms with Crippen molar-refractivity contribution >= 4 is 11.2 Å². The van der Waals surface area contributed by atoms with E-state index in [1.807, 2.05) is 6.08 Å². The topological polar surface area (TPSA) is 122 Å². The summed E-state index contributed by atoms with van der Waals surface area (Å²) in [6.45, 7) is 12.1. The number of nitrogens with one attached hydrogen (secondary N) is 2. The average molecular weight is 347 g/mol. The van der Waals surface area contributed by atoms with Crippen LogP contribution in [-0.4, -0.2) is 44.6 Å². The van der Waals surface area contributed by atoms with Crippen LogP contribution in [0.25, 0.3) is 16.1 Å². The first-order valence-corrected chi connectivity index (χ1v) is 7.74. The number of hydrogen-bond acceptors (Lipinski definition) is 5. The second-order valence-electron chi connectivity index (χ2n) is 5.69. The van der Waals surface area contributed by atoms with Gasteiger partial charge in [0.15, 0.2) is 5.52 Å². The number of aromatic amines is 2. The van der Waals surface area contributed by atoms with Crippen LogP contribution in [0.3, 0.4) is 0 Å². The van der Waals surface area contributed by atoms with Crippen LogP contribution in [-0.2, 0) is 16.0 Å². The minimum absolute atomic E-state index is 0.0868. The third-order valence-corrected chi connectivity index (χ3v) is 3.78. The number of epoxide rings is 2. The van der Waals surface area contributed by atoms with Crippen LogP contribution in [0.2, 0.25) is 0 Å². The van der Waals surface area contributed by atoms with Crippen LogP contribution in [0.15, 0.2) is 27.0 Å². The molecule has 132 valence electrons. The van der Waals surface area contributed by atoms with E-state index in [2.05, 4.69) is 21.5 Å². The van der Waals surface area contributed by atoms with E-state index in [1.54, 1.807) is 0 Å². The van der Waals surface area contributed by atoms with E-state index >= 15 is 0 Å². The Morgan fingerprint density at radius 3 is 2.48 bits per heavy atom. The van der Waals surface area contributed by atoms with Gasteiger partial charge in [0.05, 0.1) is 36.6 Å². The van der Waals surface area contributed by atoms with E-state index in [0.29, 0.717) is 17.4 Å². The Kier molecular flexibility index (Phi) is 4.69. The quantitative estimate of drug-likeness (QED) is 0.433. The second kappa shape index (κ2) is 6.92. The van der Waals surface area contributed by atoms with Crippen LogP contribution >= 0.6 is 0 Å². The lowest BCUT2D eigenvalue weighted by Gasteiger charge is -2.03. The minimum atomic E-state index is -0.837. The van der Waals surface area contributed by atoms with Crippen molar-refractivity contribution in [1.82, 2.24) is 19.2 Å². The second-order valence-corrected chi connectivity index (χ2v) is 5.69. The summed E-state index contributed by atoms with van der Waals surface area (Å²) in [6.07, 6.45) is 4.66. The largest absolute Gasteiger partial charge is 0.401 e. The zero-order valence-corrected chi connectivity index (χ0v) is 13.4. The summed E-state index contributed by atoms with van der Waals surface area (Å²) in [6, 6.07) is 0. The molecule has 2 aliphatic rings. The highest BCUT2D eigenvalue weighted by molar-refractivity contribution is 5.68. The van der Waals surface area contributed by atoms with Crippen LogP contribution in [0.1, 0.15) is 12.8 Å². The van der Waals surface area contributed by atoms with E-state index < -0.39 is 16.9 Å². The molecule has 0 spiro atoms. The summed E-state index contributed by atoms with van der Waals surface area (Å²) in [7, 11) is 0. The highest BCUT2D eigenvalue weighted by atomic mass is 16.6. The van der Waals surface area contributed by atoms with Crippen LogP contribution < -0.4 is 16.9 Å². The summed E-state index contributed by atoms with van der Waals surface area (Å²) >= 11 is 0. The molecule has 2 aliphatic heterocycles. The molecule has 2 aromatic heterocycles. The van der Waals surface area contributed by atoms with Crippen molar-refractivity contribution in [3.05, 3.63) is 55.5 Å². The lowest BCUT2D eigenvalue weighted by Crippen LogP contribution is -2.38. The molecule has 10 heteroatoms. The predicted octanol–water partition coefficient (Wildman–Crippen LogP) is -0.388. The zero-order chi connectivity index (χ0) is 18.0. The van der Waals surface area contributed by atoms with Crippen molar-refractivity contribution < 1.29 is 9.47 Å². The number of hydrogen-bond donors (Lipinski definition) is 2. The van der Waals surface area contributed by atoms with Gasteiger partial charge in [0.25, 0.3) is 0 Å². The molecule has 0 saturated carbocycles. The Bertz CT molecular complexity index is 996.